The van der Waals surface area contributed by atoms with E-state index in [2.05, 4.69) is 22.0 Å². The first-order chi connectivity index (χ1) is 3.79. The maximum Gasteiger partial charge on any atom is 0.0339 e. The normalized spacial score (nSPS) is 29.8. The van der Waals surface area contributed by atoms with Gasteiger partial charge in [0.05, 0.1) is 0 Å². The van der Waals surface area contributed by atoms with Crippen LogP contribution in [-0.4, -0.2) is 4.83 Å². The van der Waals surface area contributed by atoms with Crippen molar-refractivity contribution in [3.05, 3.63) is 11.1 Å². The van der Waals surface area contributed by atoms with Crippen LogP contribution in [0, 0.1) is 0 Å². The van der Waals surface area contributed by atoms with E-state index in [9.17, 15) is 0 Å². The lowest BCUT2D eigenvalue weighted by molar-refractivity contribution is 0.738. The molecule has 46 valence electrons. The van der Waals surface area contributed by atoms with Crippen LogP contribution >= 0.6 is 27.5 Å². The molecule has 0 radical (unpaired) electrons. The van der Waals surface area contributed by atoms with Crippen molar-refractivity contribution in [2.45, 2.75) is 24.1 Å². The van der Waals surface area contributed by atoms with Gasteiger partial charge in [0, 0.05) is 9.86 Å². The van der Waals surface area contributed by atoms with Crippen LogP contribution in [0.5, 0.6) is 0 Å². The average molecular weight is 195 g/mol. The molecule has 0 saturated carbocycles. The highest BCUT2D eigenvalue weighted by Crippen LogP contribution is 2.24. The first-order valence-electron chi connectivity index (χ1n) is 2.79. The van der Waals surface area contributed by atoms with Crippen molar-refractivity contribution < 1.29 is 0 Å². The van der Waals surface area contributed by atoms with Gasteiger partial charge >= 0.3 is 0 Å². The Balaban J connectivity index is 2.50. The van der Waals surface area contributed by atoms with Crippen LogP contribution in [0.2, 0.25) is 0 Å². The Hall–Kier alpha value is 0.510. The third kappa shape index (κ3) is 1.79. The van der Waals surface area contributed by atoms with Gasteiger partial charge in [-0.15, -0.1) is 0 Å². The molecular weight excluding hydrogens is 187 g/mol. The fourth-order valence-corrected chi connectivity index (χ4v) is 1.91. The summed E-state index contributed by atoms with van der Waals surface area (Å²) in [5.41, 5.74) is 0. The fraction of sp³-hybridized carbons (Fsp3) is 0.667. The summed E-state index contributed by atoms with van der Waals surface area (Å²) in [6, 6.07) is 0. The number of alkyl halides is 1. The first-order valence-corrected chi connectivity index (χ1v) is 4.08. The Labute approximate surface area is 63.0 Å². The fourth-order valence-electron chi connectivity index (χ4n) is 0.829. The summed E-state index contributed by atoms with van der Waals surface area (Å²) in [5.74, 6) is 0. The molecule has 1 aliphatic carbocycles. The van der Waals surface area contributed by atoms with E-state index >= 15 is 0 Å². The van der Waals surface area contributed by atoms with E-state index in [-0.39, 0.29) is 0 Å². The van der Waals surface area contributed by atoms with E-state index in [1.54, 1.807) is 0 Å². The summed E-state index contributed by atoms with van der Waals surface area (Å²) < 4.78 is 0. The number of allylic oxidation sites excluding steroid dienone is 2. The molecule has 0 heterocycles. The second-order valence-electron chi connectivity index (χ2n) is 2.02. The van der Waals surface area contributed by atoms with Crippen molar-refractivity contribution in [2.24, 2.45) is 0 Å². The van der Waals surface area contributed by atoms with Crippen LogP contribution in [0.3, 0.4) is 0 Å². The van der Waals surface area contributed by atoms with E-state index in [0.717, 1.165) is 11.5 Å². The smallest absolute Gasteiger partial charge is 0.0339 e. The molecule has 0 saturated heterocycles. The van der Waals surface area contributed by atoms with Crippen LogP contribution in [0.4, 0.5) is 0 Å². The van der Waals surface area contributed by atoms with Crippen LogP contribution in [0.1, 0.15) is 19.3 Å². The highest BCUT2D eigenvalue weighted by atomic mass is 79.9. The molecule has 0 aromatic rings. The molecule has 1 aliphatic rings. The third-order valence-electron chi connectivity index (χ3n) is 1.26. The van der Waals surface area contributed by atoms with Gasteiger partial charge < -0.3 is 0 Å². The summed E-state index contributed by atoms with van der Waals surface area (Å²) in [7, 11) is 0. The van der Waals surface area contributed by atoms with E-state index < -0.39 is 0 Å². The van der Waals surface area contributed by atoms with Crippen molar-refractivity contribution in [2.75, 3.05) is 0 Å². The SMILES string of the molecule is ClC1=CC(Br)CCC1. The first kappa shape index (κ1) is 6.63. The predicted octanol–water partition coefficient (Wildman–Crippen LogP) is 3.06. The topological polar surface area (TPSA) is 0 Å². The highest BCUT2D eigenvalue weighted by molar-refractivity contribution is 9.09. The summed E-state index contributed by atoms with van der Waals surface area (Å²) in [6.07, 6.45) is 5.61. The molecule has 0 aromatic heterocycles. The third-order valence-corrected chi connectivity index (χ3v) is 2.29. The van der Waals surface area contributed by atoms with Crippen molar-refractivity contribution in [1.29, 1.82) is 0 Å². The van der Waals surface area contributed by atoms with Crippen LogP contribution < -0.4 is 0 Å². The molecule has 0 spiro atoms. The predicted molar refractivity (Wildman–Crippen MR) is 40.5 cm³/mol. The van der Waals surface area contributed by atoms with E-state index in [0.29, 0.717) is 4.83 Å². The maximum atomic E-state index is 5.74. The van der Waals surface area contributed by atoms with Gasteiger partial charge in [-0.2, -0.15) is 0 Å². The molecule has 0 N–H and O–H groups in total. The molecule has 0 amide bonds. The minimum atomic E-state index is 0.531. The van der Waals surface area contributed by atoms with Crippen molar-refractivity contribution in [3.63, 3.8) is 0 Å². The molecule has 1 atom stereocenters. The molecule has 0 nitrogen and oxygen atoms in total. The zero-order valence-corrected chi connectivity index (χ0v) is 6.87. The Morgan fingerprint density at radius 3 is 2.88 bits per heavy atom. The van der Waals surface area contributed by atoms with Crippen molar-refractivity contribution >= 4 is 27.5 Å². The molecule has 0 fully saturated rings. The van der Waals surface area contributed by atoms with E-state index in [4.69, 9.17) is 11.6 Å². The lowest BCUT2D eigenvalue weighted by Gasteiger charge is -2.10. The lowest BCUT2D eigenvalue weighted by Crippen LogP contribution is -1.98. The standard InChI is InChI=1S/C6H8BrCl/c7-5-2-1-3-6(8)4-5/h4-5H,1-3H2. The molecule has 2 heteroatoms. The largest absolute Gasteiger partial charge is 0.0895 e. The summed E-state index contributed by atoms with van der Waals surface area (Å²) in [4.78, 5) is 0.531. The highest BCUT2D eigenvalue weighted by Gasteiger charge is 2.07. The second-order valence-corrected chi connectivity index (χ2v) is 3.68. The number of halogens is 2. The molecule has 0 aromatic carbocycles. The van der Waals surface area contributed by atoms with E-state index in [1.807, 2.05) is 0 Å². The summed E-state index contributed by atoms with van der Waals surface area (Å²) >= 11 is 9.21. The number of hydrogen-bond acceptors (Lipinski definition) is 0. The molecule has 1 unspecified atom stereocenters. The summed E-state index contributed by atoms with van der Waals surface area (Å²) in [5, 5.41) is 1.01. The van der Waals surface area contributed by atoms with Gasteiger partial charge in [0.1, 0.15) is 0 Å². The van der Waals surface area contributed by atoms with Crippen LogP contribution in [-0.2, 0) is 0 Å². The molecule has 8 heavy (non-hydrogen) atoms. The van der Waals surface area contributed by atoms with Gasteiger partial charge in [-0.1, -0.05) is 33.6 Å². The van der Waals surface area contributed by atoms with Gasteiger partial charge in [-0.3, -0.25) is 0 Å². The average Bonchev–Trinajstić information content (AvgIpc) is 1.64. The van der Waals surface area contributed by atoms with Crippen molar-refractivity contribution in [3.8, 4) is 0 Å². The van der Waals surface area contributed by atoms with Gasteiger partial charge in [-0.05, 0) is 19.3 Å². The second kappa shape index (κ2) is 2.88. The Morgan fingerprint density at radius 2 is 2.50 bits per heavy atom. The molecule has 0 aliphatic heterocycles. The quantitative estimate of drug-likeness (QED) is 0.521. The molecule has 1 rings (SSSR count). The van der Waals surface area contributed by atoms with Gasteiger partial charge in [0.25, 0.3) is 0 Å². The number of hydrogen-bond donors (Lipinski definition) is 0. The lowest BCUT2D eigenvalue weighted by atomic mass is 10.1. The minimum absolute atomic E-state index is 0.531. The van der Waals surface area contributed by atoms with Crippen LogP contribution in [0.25, 0.3) is 0 Å². The monoisotopic (exact) mass is 194 g/mol. The molecular formula is C6H8BrCl. The van der Waals surface area contributed by atoms with Gasteiger partial charge in [-0.25, -0.2) is 0 Å². The zero-order valence-electron chi connectivity index (χ0n) is 4.53. The number of rotatable bonds is 0. The Kier molecular flexibility index (Phi) is 2.39. The Bertz CT molecular complexity index is 109. The zero-order chi connectivity index (χ0) is 5.98. The summed E-state index contributed by atoms with van der Waals surface area (Å²) in [6.45, 7) is 0. The van der Waals surface area contributed by atoms with E-state index in [1.165, 1.54) is 12.8 Å². The minimum Gasteiger partial charge on any atom is -0.0895 e. The van der Waals surface area contributed by atoms with Gasteiger partial charge in [0.15, 0.2) is 0 Å². The Morgan fingerprint density at radius 1 is 1.75 bits per heavy atom. The van der Waals surface area contributed by atoms with Crippen LogP contribution in [0.15, 0.2) is 11.1 Å². The van der Waals surface area contributed by atoms with Gasteiger partial charge in [0.2, 0.25) is 0 Å². The molecule has 0 bridgehead atoms. The maximum absolute atomic E-state index is 5.74. The van der Waals surface area contributed by atoms with Crippen molar-refractivity contribution in [1.82, 2.24) is 0 Å².